The fourth-order valence-electron chi connectivity index (χ4n) is 3.06. The van der Waals surface area contributed by atoms with E-state index in [9.17, 15) is 4.79 Å². The number of guanidine groups is 1. The van der Waals surface area contributed by atoms with Gasteiger partial charge in [-0.1, -0.05) is 6.07 Å². The molecular formula is C19H26N6O2. The van der Waals surface area contributed by atoms with Crippen molar-refractivity contribution in [2.45, 2.75) is 32.4 Å². The van der Waals surface area contributed by atoms with Crippen LogP contribution < -0.4 is 21.3 Å². The summed E-state index contributed by atoms with van der Waals surface area (Å²) in [6.45, 7) is 5.04. The molecule has 0 atom stereocenters. The zero-order chi connectivity index (χ0) is 19.1. The Morgan fingerprint density at radius 3 is 2.78 bits per heavy atom. The summed E-state index contributed by atoms with van der Waals surface area (Å²) in [7, 11) is 0. The van der Waals surface area contributed by atoms with Gasteiger partial charge in [0.05, 0.1) is 0 Å². The fourth-order valence-corrected chi connectivity index (χ4v) is 3.06. The number of aromatic nitrogens is 1. The second-order valence-electron chi connectivity index (χ2n) is 6.42. The topological polar surface area (TPSA) is 109 Å². The number of hydrogen-bond acceptors (Lipinski definition) is 5. The summed E-state index contributed by atoms with van der Waals surface area (Å²) in [4.78, 5) is 22.4. The van der Waals surface area contributed by atoms with E-state index in [1.165, 1.54) is 0 Å². The molecule has 0 aliphatic carbocycles. The molecule has 8 heteroatoms. The van der Waals surface area contributed by atoms with Gasteiger partial charge in [0.15, 0.2) is 11.7 Å². The van der Waals surface area contributed by atoms with Gasteiger partial charge >= 0.3 is 0 Å². The normalized spacial score (nSPS) is 15.6. The highest BCUT2D eigenvalue weighted by molar-refractivity contribution is 5.89. The molecule has 0 spiro atoms. The Kier molecular flexibility index (Phi) is 6.30. The number of amides is 1. The number of hydrogen-bond donors (Lipinski definition) is 3. The second-order valence-corrected chi connectivity index (χ2v) is 6.42. The number of carbonyl (C=O) groups excluding carboxylic acids is 1. The zero-order valence-electron chi connectivity index (χ0n) is 15.5. The predicted octanol–water partition coefficient (Wildman–Crippen LogP) is 1.50. The van der Waals surface area contributed by atoms with Crippen molar-refractivity contribution >= 4 is 17.7 Å². The molecule has 3 rings (SSSR count). The molecule has 1 saturated heterocycles. The van der Waals surface area contributed by atoms with Crippen LogP contribution in [-0.4, -0.2) is 42.5 Å². The average molecular weight is 370 g/mol. The van der Waals surface area contributed by atoms with Crippen molar-refractivity contribution in [2.75, 3.05) is 24.5 Å². The molecule has 8 nitrogen and oxygen atoms in total. The van der Waals surface area contributed by atoms with Gasteiger partial charge in [-0.25, -0.2) is 9.98 Å². The molecule has 0 unspecified atom stereocenters. The molecule has 2 aromatic rings. The monoisotopic (exact) mass is 370 g/mol. The molecule has 0 bridgehead atoms. The first-order valence-corrected chi connectivity index (χ1v) is 9.25. The minimum absolute atomic E-state index is 0.153. The van der Waals surface area contributed by atoms with Crippen LogP contribution in [0.4, 0.5) is 5.82 Å². The SMILES string of the molecule is CCNC(=NCc1ccc(C(N)=O)o1)NC1CCN(c2ccccn2)CC1. The van der Waals surface area contributed by atoms with Crippen LogP contribution in [0.15, 0.2) is 45.9 Å². The summed E-state index contributed by atoms with van der Waals surface area (Å²) in [5.41, 5.74) is 5.21. The lowest BCUT2D eigenvalue weighted by molar-refractivity contribution is 0.0972. The van der Waals surface area contributed by atoms with Crippen molar-refractivity contribution in [3.05, 3.63) is 48.0 Å². The fraction of sp³-hybridized carbons (Fsp3) is 0.421. The number of rotatable bonds is 6. The van der Waals surface area contributed by atoms with E-state index in [2.05, 4.69) is 25.5 Å². The first-order valence-electron chi connectivity index (χ1n) is 9.25. The first kappa shape index (κ1) is 18.8. The van der Waals surface area contributed by atoms with Gasteiger partial charge in [0.2, 0.25) is 0 Å². The number of piperidine rings is 1. The molecule has 1 fully saturated rings. The van der Waals surface area contributed by atoms with Crippen molar-refractivity contribution in [1.29, 1.82) is 0 Å². The van der Waals surface area contributed by atoms with Crippen molar-refractivity contribution in [3.63, 3.8) is 0 Å². The Morgan fingerprint density at radius 1 is 1.33 bits per heavy atom. The number of primary amides is 1. The van der Waals surface area contributed by atoms with Gasteiger partial charge in [-0.2, -0.15) is 0 Å². The molecule has 0 radical (unpaired) electrons. The first-order chi connectivity index (χ1) is 13.2. The van der Waals surface area contributed by atoms with E-state index < -0.39 is 5.91 Å². The van der Waals surface area contributed by atoms with Crippen LogP contribution in [0.1, 0.15) is 36.1 Å². The minimum Gasteiger partial charge on any atom is -0.454 e. The van der Waals surface area contributed by atoms with Gasteiger partial charge < -0.3 is 25.7 Å². The van der Waals surface area contributed by atoms with E-state index in [1.54, 1.807) is 12.1 Å². The number of furan rings is 1. The molecule has 27 heavy (non-hydrogen) atoms. The Bertz CT molecular complexity index is 766. The summed E-state index contributed by atoms with van der Waals surface area (Å²) < 4.78 is 5.38. The van der Waals surface area contributed by atoms with Crippen LogP contribution in [0.25, 0.3) is 0 Å². The van der Waals surface area contributed by atoms with Crippen LogP contribution in [0.5, 0.6) is 0 Å². The maximum absolute atomic E-state index is 11.1. The van der Waals surface area contributed by atoms with E-state index in [0.29, 0.717) is 18.3 Å². The molecule has 144 valence electrons. The highest BCUT2D eigenvalue weighted by Crippen LogP contribution is 2.17. The number of carbonyl (C=O) groups is 1. The molecule has 1 aliphatic heterocycles. The Hall–Kier alpha value is -3.03. The smallest absolute Gasteiger partial charge is 0.284 e. The van der Waals surface area contributed by atoms with Gasteiger partial charge in [-0.05, 0) is 44.0 Å². The number of anilines is 1. The molecule has 0 aromatic carbocycles. The van der Waals surface area contributed by atoms with Crippen LogP contribution in [0, 0.1) is 0 Å². The summed E-state index contributed by atoms with van der Waals surface area (Å²) in [5, 5.41) is 6.74. The third-order valence-corrected chi connectivity index (χ3v) is 4.45. The second kappa shape index (κ2) is 9.07. The third kappa shape index (κ3) is 5.22. The van der Waals surface area contributed by atoms with Gasteiger partial charge in [0, 0.05) is 31.9 Å². The summed E-state index contributed by atoms with van der Waals surface area (Å²) in [6.07, 6.45) is 3.84. The largest absolute Gasteiger partial charge is 0.454 e. The van der Waals surface area contributed by atoms with Crippen molar-refractivity contribution in [2.24, 2.45) is 10.7 Å². The highest BCUT2D eigenvalue weighted by atomic mass is 16.3. The van der Waals surface area contributed by atoms with Crippen LogP contribution in [0.2, 0.25) is 0 Å². The maximum atomic E-state index is 11.1. The summed E-state index contributed by atoms with van der Waals surface area (Å²) >= 11 is 0. The lowest BCUT2D eigenvalue weighted by Crippen LogP contribution is -2.48. The lowest BCUT2D eigenvalue weighted by Gasteiger charge is -2.33. The van der Waals surface area contributed by atoms with Crippen molar-refractivity contribution < 1.29 is 9.21 Å². The van der Waals surface area contributed by atoms with Gasteiger partial charge in [-0.15, -0.1) is 0 Å². The summed E-state index contributed by atoms with van der Waals surface area (Å²) in [6, 6.07) is 9.63. The molecule has 1 aliphatic rings. The van der Waals surface area contributed by atoms with Gasteiger partial charge in [0.1, 0.15) is 18.1 Å². The molecule has 4 N–H and O–H groups in total. The highest BCUT2D eigenvalue weighted by Gasteiger charge is 2.20. The Labute approximate surface area is 158 Å². The van der Waals surface area contributed by atoms with E-state index in [1.807, 2.05) is 31.3 Å². The zero-order valence-corrected chi connectivity index (χ0v) is 15.5. The van der Waals surface area contributed by atoms with E-state index >= 15 is 0 Å². The minimum atomic E-state index is -0.574. The standard InChI is InChI=1S/C19H26N6O2/c1-2-21-19(23-13-15-6-7-16(27-15)18(20)26)24-14-8-11-25(12-9-14)17-5-3-4-10-22-17/h3-7,10,14H,2,8-9,11-13H2,1H3,(H2,20,26)(H2,21,23,24). The average Bonchev–Trinajstić information content (AvgIpc) is 3.17. The number of pyridine rings is 1. The van der Waals surface area contributed by atoms with Crippen LogP contribution >= 0.6 is 0 Å². The van der Waals surface area contributed by atoms with E-state index in [4.69, 9.17) is 10.2 Å². The van der Waals surface area contributed by atoms with Gasteiger partial charge in [0.25, 0.3) is 5.91 Å². The Balaban J connectivity index is 1.54. The molecule has 0 saturated carbocycles. The lowest BCUT2D eigenvalue weighted by atomic mass is 10.1. The molecular weight excluding hydrogens is 344 g/mol. The summed E-state index contributed by atoms with van der Waals surface area (Å²) in [5.74, 6) is 1.95. The van der Waals surface area contributed by atoms with Crippen LogP contribution in [-0.2, 0) is 6.54 Å². The number of nitrogens with zero attached hydrogens (tertiary/aromatic N) is 3. The maximum Gasteiger partial charge on any atom is 0.284 e. The molecule has 1 amide bonds. The molecule has 3 heterocycles. The van der Waals surface area contributed by atoms with Gasteiger partial charge in [-0.3, -0.25) is 4.79 Å². The quantitative estimate of drug-likeness (QED) is 0.525. The van der Waals surface area contributed by atoms with E-state index in [0.717, 1.165) is 44.3 Å². The number of aliphatic imine (C=N–C) groups is 1. The third-order valence-electron chi connectivity index (χ3n) is 4.45. The molecule has 2 aromatic heterocycles. The van der Waals surface area contributed by atoms with E-state index in [-0.39, 0.29) is 5.76 Å². The van der Waals surface area contributed by atoms with Crippen LogP contribution in [0.3, 0.4) is 0 Å². The Morgan fingerprint density at radius 2 is 2.15 bits per heavy atom. The predicted molar refractivity (Wildman–Crippen MR) is 105 cm³/mol. The van der Waals surface area contributed by atoms with Crippen molar-refractivity contribution in [1.82, 2.24) is 15.6 Å². The number of nitrogens with two attached hydrogens (primary N) is 1. The number of nitrogens with one attached hydrogen (secondary N) is 2. The van der Waals surface area contributed by atoms with Crippen molar-refractivity contribution in [3.8, 4) is 0 Å².